The van der Waals surface area contributed by atoms with Gasteiger partial charge in [0.2, 0.25) is 0 Å². The molecule has 1 aliphatic rings. The van der Waals surface area contributed by atoms with Crippen molar-refractivity contribution >= 4 is 15.9 Å². The Hall–Kier alpha value is -0.380. The summed E-state index contributed by atoms with van der Waals surface area (Å²) in [5, 5.41) is 3.44. The summed E-state index contributed by atoms with van der Waals surface area (Å²) in [5.41, 5.74) is 1.89. The third kappa shape index (κ3) is 4.30. The molecule has 1 aromatic rings. The maximum Gasteiger partial charge on any atom is 0.0329 e. The van der Waals surface area contributed by atoms with Gasteiger partial charge in [-0.15, -0.1) is 0 Å². The Morgan fingerprint density at radius 1 is 1.32 bits per heavy atom. The average molecular weight is 325 g/mol. The quantitative estimate of drug-likeness (QED) is 0.885. The highest BCUT2D eigenvalue weighted by molar-refractivity contribution is 9.10. The molecule has 0 saturated carbocycles. The molecule has 2 rings (SSSR count). The number of rotatable bonds is 5. The number of benzene rings is 1. The summed E-state index contributed by atoms with van der Waals surface area (Å²) >= 11 is 3.49. The third-order valence-corrected chi connectivity index (χ3v) is 4.64. The Labute approximate surface area is 125 Å². The fourth-order valence-electron chi connectivity index (χ4n) is 2.90. The molecule has 0 spiro atoms. The maximum absolute atomic E-state index is 3.49. The normalized spacial score (nSPS) is 20.6. The Bertz CT molecular complexity index is 400. The van der Waals surface area contributed by atoms with E-state index in [0.717, 1.165) is 4.47 Å². The largest absolute Gasteiger partial charge is 0.313 e. The number of hydrogen-bond donors (Lipinski definition) is 1. The summed E-state index contributed by atoms with van der Waals surface area (Å²) in [6, 6.07) is 9.12. The summed E-state index contributed by atoms with van der Waals surface area (Å²) in [6.45, 7) is 8.42. The van der Waals surface area contributed by atoms with Crippen molar-refractivity contribution in [3.63, 3.8) is 0 Å². The number of hydrogen-bond acceptors (Lipinski definition) is 2. The van der Waals surface area contributed by atoms with Crippen LogP contribution in [-0.4, -0.2) is 31.6 Å². The summed E-state index contributed by atoms with van der Waals surface area (Å²) in [6.07, 6.45) is 2.50. The van der Waals surface area contributed by atoms with Gasteiger partial charge in [0.1, 0.15) is 0 Å². The van der Waals surface area contributed by atoms with Crippen LogP contribution in [-0.2, 0) is 0 Å². The van der Waals surface area contributed by atoms with Crippen molar-refractivity contribution in [2.24, 2.45) is 5.41 Å². The predicted molar refractivity (Wildman–Crippen MR) is 85.4 cm³/mol. The van der Waals surface area contributed by atoms with E-state index in [1.54, 1.807) is 0 Å². The van der Waals surface area contributed by atoms with E-state index in [2.05, 4.69) is 71.3 Å². The molecule has 1 fully saturated rings. The van der Waals surface area contributed by atoms with Crippen molar-refractivity contribution < 1.29 is 0 Å². The van der Waals surface area contributed by atoms with Gasteiger partial charge < -0.3 is 10.2 Å². The molecule has 3 heteroatoms. The van der Waals surface area contributed by atoms with Crippen LogP contribution >= 0.6 is 15.9 Å². The molecular formula is C16H25BrN2. The van der Waals surface area contributed by atoms with E-state index in [1.807, 2.05) is 0 Å². The molecule has 1 N–H and O–H groups in total. The lowest BCUT2D eigenvalue weighted by molar-refractivity contribution is 0.276. The van der Waals surface area contributed by atoms with Crippen molar-refractivity contribution in [1.82, 2.24) is 10.2 Å². The average Bonchev–Trinajstić information content (AvgIpc) is 2.72. The lowest BCUT2D eigenvalue weighted by Crippen LogP contribution is -2.28. The van der Waals surface area contributed by atoms with E-state index < -0.39 is 0 Å². The molecule has 1 unspecified atom stereocenters. The van der Waals surface area contributed by atoms with Crippen LogP contribution in [0, 0.1) is 5.41 Å². The van der Waals surface area contributed by atoms with E-state index >= 15 is 0 Å². The molecule has 0 radical (unpaired) electrons. The van der Waals surface area contributed by atoms with Crippen LogP contribution in [0.2, 0.25) is 0 Å². The van der Waals surface area contributed by atoms with Crippen molar-refractivity contribution in [3.8, 4) is 0 Å². The molecule has 0 aliphatic carbocycles. The Morgan fingerprint density at radius 3 is 2.53 bits per heavy atom. The van der Waals surface area contributed by atoms with E-state index in [0.29, 0.717) is 11.5 Å². The Balaban J connectivity index is 1.88. The minimum absolute atomic E-state index is 0.455. The van der Waals surface area contributed by atoms with Gasteiger partial charge in [-0.1, -0.05) is 41.9 Å². The van der Waals surface area contributed by atoms with Gasteiger partial charge >= 0.3 is 0 Å². The van der Waals surface area contributed by atoms with Gasteiger partial charge in [-0.3, -0.25) is 0 Å². The molecule has 19 heavy (non-hydrogen) atoms. The summed E-state index contributed by atoms with van der Waals surface area (Å²) in [4.78, 5) is 2.60. The van der Waals surface area contributed by atoms with Crippen molar-refractivity contribution in [2.75, 3.05) is 26.7 Å². The molecule has 1 heterocycles. The first kappa shape index (κ1) is 15.0. The maximum atomic E-state index is 3.49. The molecule has 1 aliphatic heterocycles. The summed E-state index contributed by atoms with van der Waals surface area (Å²) < 4.78 is 1.15. The first-order chi connectivity index (χ1) is 9.00. The van der Waals surface area contributed by atoms with Crippen LogP contribution in [0.5, 0.6) is 0 Å². The molecule has 0 bridgehead atoms. The summed E-state index contributed by atoms with van der Waals surface area (Å²) in [7, 11) is 2.06. The molecule has 1 saturated heterocycles. The minimum Gasteiger partial charge on any atom is -0.313 e. The van der Waals surface area contributed by atoms with Crippen LogP contribution in [0.25, 0.3) is 0 Å². The standard InChI is InChI=1S/C16H25BrN2/c1-16(2)9-11-19(12-16)10-8-15(18-3)13-4-6-14(17)7-5-13/h4-7,15,18H,8-12H2,1-3H3. The van der Waals surface area contributed by atoms with Crippen LogP contribution in [0.3, 0.4) is 0 Å². The van der Waals surface area contributed by atoms with Gasteiger partial charge in [-0.25, -0.2) is 0 Å². The number of nitrogens with zero attached hydrogens (tertiary/aromatic N) is 1. The number of likely N-dealkylation sites (tertiary alicyclic amines) is 1. The highest BCUT2D eigenvalue weighted by Crippen LogP contribution is 2.29. The number of nitrogens with one attached hydrogen (secondary N) is 1. The Morgan fingerprint density at radius 2 is 2.00 bits per heavy atom. The smallest absolute Gasteiger partial charge is 0.0329 e. The molecular weight excluding hydrogens is 300 g/mol. The zero-order valence-corrected chi connectivity index (χ0v) is 13.8. The predicted octanol–water partition coefficient (Wildman–Crippen LogP) is 3.83. The zero-order chi connectivity index (χ0) is 13.9. The van der Waals surface area contributed by atoms with Gasteiger partial charge in [-0.2, -0.15) is 0 Å². The Kier molecular flexibility index (Phi) is 5.04. The molecule has 2 nitrogen and oxygen atoms in total. The zero-order valence-electron chi connectivity index (χ0n) is 12.2. The molecule has 0 aromatic heterocycles. The van der Waals surface area contributed by atoms with Crippen LogP contribution < -0.4 is 5.32 Å². The SMILES string of the molecule is CNC(CCN1CCC(C)(C)C1)c1ccc(Br)cc1. The molecule has 0 amide bonds. The molecule has 106 valence electrons. The van der Waals surface area contributed by atoms with Crippen molar-refractivity contribution in [2.45, 2.75) is 32.7 Å². The van der Waals surface area contributed by atoms with Gasteiger partial charge in [0.15, 0.2) is 0 Å². The van der Waals surface area contributed by atoms with E-state index in [1.165, 1.54) is 38.0 Å². The fourth-order valence-corrected chi connectivity index (χ4v) is 3.16. The molecule has 1 aromatic carbocycles. The van der Waals surface area contributed by atoms with E-state index in [4.69, 9.17) is 0 Å². The summed E-state index contributed by atoms with van der Waals surface area (Å²) in [5.74, 6) is 0. The first-order valence-corrected chi connectivity index (χ1v) is 7.94. The minimum atomic E-state index is 0.455. The van der Waals surface area contributed by atoms with Crippen LogP contribution in [0.1, 0.15) is 38.3 Å². The second-order valence-electron chi connectivity index (χ2n) is 6.37. The fraction of sp³-hybridized carbons (Fsp3) is 0.625. The van der Waals surface area contributed by atoms with Crippen molar-refractivity contribution in [3.05, 3.63) is 34.3 Å². The van der Waals surface area contributed by atoms with Gasteiger partial charge in [0, 0.05) is 17.1 Å². The number of halogens is 1. The van der Waals surface area contributed by atoms with Gasteiger partial charge in [0.25, 0.3) is 0 Å². The van der Waals surface area contributed by atoms with Crippen molar-refractivity contribution in [1.29, 1.82) is 0 Å². The lowest BCUT2D eigenvalue weighted by atomic mass is 9.93. The van der Waals surface area contributed by atoms with E-state index in [9.17, 15) is 0 Å². The first-order valence-electron chi connectivity index (χ1n) is 7.15. The topological polar surface area (TPSA) is 15.3 Å². The highest BCUT2D eigenvalue weighted by atomic mass is 79.9. The monoisotopic (exact) mass is 324 g/mol. The highest BCUT2D eigenvalue weighted by Gasteiger charge is 2.29. The van der Waals surface area contributed by atoms with Crippen LogP contribution in [0.15, 0.2) is 28.7 Å². The lowest BCUT2D eigenvalue weighted by Gasteiger charge is -2.23. The van der Waals surface area contributed by atoms with Gasteiger partial charge in [0.05, 0.1) is 0 Å². The second kappa shape index (κ2) is 6.38. The van der Waals surface area contributed by atoms with E-state index in [-0.39, 0.29) is 0 Å². The van der Waals surface area contributed by atoms with Gasteiger partial charge in [-0.05, 0) is 56.1 Å². The molecule has 1 atom stereocenters. The van der Waals surface area contributed by atoms with Crippen LogP contribution in [0.4, 0.5) is 0 Å². The second-order valence-corrected chi connectivity index (χ2v) is 7.29. The third-order valence-electron chi connectivity index (χ3n) is 4.11.